The number of carbonyl (C=O) groups is 1. The lowest BCUT2D eigenvalue weighted by atomic mass is 10.1. The van der Waals surface area contributed by atoms with Crippen LogP contribution in [-0.2, 0) is 6.54 Å². The topological polar surface area (TPSA) is 78.3 Å². The second kappa shape index (κ2) is 6.93. The van der Waals surface area contributed by atoms with E-state index < -0.39 is 0 Å². The van der Waals surface area contributed by atoms with Gasteiger partial charge in [-0.05, 0) is 26.0 Å². The number of methoxy groups -OCH3 is 2. The number of rotatable bonds is 6. The molecule has 0 saturated carbocycles. The van der Waals surface area contributed by atoms with E-state index in [1.807, 2.05) is 13.8 Å². The number of nitrogens with zero attached hydrogens (tertiary/aromatic N) is 3. The Kier molecular flexibility index (Phi) is 4.98. The number of amides is 1. The van der Waals surface area contributed by atoms with Crippen LogP contribution in [0, 0.1) is 6.92 Å². The van der Waals surface area contributed by atoms with Crippen LogP contribution in [0.5, 0.6) is 11.5 Å². The number of nitrogens with one attached hydrogen (secondary N) is 1. The van der Waals surface area contributed by atoms with Crippen molar-refractivity contribution in [3.63, 3.8) is 0 Å². The lowest BCUT2D eigenvalue weighted by Crippen LogP contribution is -2.35. The first-order valence-corrected chi connectivity index (χ1v) is 6.91. The Bertz CT molecular complexity index is 615. The highest BCUT2D eigenvalue weighted by molar-refractivity contribution is 5.95. The van der Waals surface area contributed by atoms with Gasteiger partial charge < -0.3 is 14.8 Å². The molecule has 0 aliphatic rings. The van der Waals surface area contributed by atoms with Crippen LogP contribution >= 0.6 is 0 Å². The molecule has 2 rings (SSSR count). The molecule has 1 N–H and O–H groups in total. The minimum atomic E-state index is -0.191. The Morgan fingerprint density at radius 2 is 1.95 bits per heavy atom. The number of aromatic nitrogens is 3. The van der Waals surface area contributed by atoms with Gasteiger partial charge in [-0.15, -0.1) is 0 Å². The highest BCUT2D eigenvalue weighted by Crippen LogP contribution is 2.29. The van der Waals surface area contributed by atoms with Crippen LogP contribution < -0.4 is 14.8 Å². The third-order valence-electron chi connectivity index (χ3n) is 3.32. The van der Waals surface area contributed by atoms with E-state index >= 15 is 0 Å². The maximum atomic E-state index is 12.4. The maximum Gasteiger partial charge on any atom is 0.251 e. The number of hydrogen-bond donors (Lipinski definition) is 1. The maximum absolute atomic E-state index is 12.4. The third-order valence-corrected chi connectivity index (χ3v) is 3.32. The van der Waals surface area contributed by atoms with E-state index in [9.17, 15) is 4.79 Å². The zero-order chi connectivity index (χ0) is 16.1. The molecule has 1 heterocycles. The molecule has 0 radical (unpaired) electrons. The average molecular weight is 304 g/mol. The minimum absolute atomic E-state index is 0.0903. The monoisotopic (exact) mass is 304 g/mol. The lowest BCUT2D eigenvalue weighted by Gasteiger charge is -2.16. The Balaban J connectivity index is 2.11. The molecule has 0 aliphatic heterocycles. The normalized spacial score (nSPS) is 11.8. The summed E-state index contributed by atoms with van der Waals surface area (Å²) in [5.74, 6) is 1.05. The highest BCUT2D eigenvalue weighted by atomic mass is 16.5. The molecule has 118 valence electrons. The summed E-state index contributed by atoms with van der Waals surface area (Å²) in [5, 5.41) is 6.93. The fourth-order valence-corrected chi connectivity index (χ4v) is 2.18. The zero-order valence-electron chi connectivity index (χ0n) is 13.2. The van der Waals surface area contributed by atoms with Gasteiger partial charge >= 0.3 is 0 Å². The summed E-state index contributed by atoms with van der Waals surface area (Å²) in [6.07, 6.45) is 3.07. The Morgan fingerprint density at radius 3 is 2.45 bits per heavy atom. The molecule has 7 heteroatoms. The molecule has 1 unspecified atom stereocenters. The van der Waals surface area contributed by atoms with Crippen LogP contribution in [-0.4, -0.2) is 40.9 Å². The molecule has 2 aromatic rings. The van der Waals surface area contributed by atoms with E-state index in [0.29, 0.717) is 23.6 Å². The fraction of sp³-hybridized carbons (Fsp3) is 0.400. The van der Waals surface area contributed by atoms with Crippen molar-refractivity contribution in [3.05, 3.63) is 35.9 Å². The summed E-state index contributed by atoms with van der Waals surface area (Å²) >= 11 is 0. The Morgan fingerprint density at radius 1 is 1.32 bits per heavy atom. The lowest BCUT2D eigenvalue weighted by molar-refractivity contribution is 0.0935. The van der Waals surface area contributed by atoms with Crippen molar-refractivity contribution in [1.29, 1.82) is 0 Å². The molecular weight excluding hydrogens is 284 g/mol. The fourth-order valence-electron chi connectivity index (χ4n) is 2.18. The second-order valence-corrected chi connectivity index (χ2v) is 5.00. The molecule has 0 bridgehead atoms. The van der Waals surface area contributed by atoms with Crippen molar-refractivity contribution >= 4 is 5.91 Å². The quantitative estimate of drug-likeness (QED) is 0.873. The Labute approximate surface area is 129 Å². The van der Waals surface area contributed by atoms with Crippen molar-refractivity contribution in [2.24, 2.45) is 0 Å². The van der Waals surface area contributed by atoms with E-state index in [1.165, 1.54) is 6.33 Å². The second-order valence-electron chi connectivity index (χ2n) is 5.00. The number of carbonyl (C=O) groups excluding carboxylic acids is 1. The van der Waals surface area contributed by atoms with Gasteiger partial charge in [0, 0.05) is 17.2 Å². The molecule has 7 nitrogen and oxygen atoms in total. The summed E-state index contributed by atoms with van der Waals surface area (Å²) < 4.78 is 12.2. The Hall–Kier alpha value is -2.57. The van der Waals surface area contributed by atoms with Crippen LogP contribution in [0.15, 0.2) is 24.8 Å². The van der Waals surface area contributed by atoms with Crippen LogP contribution in [0.25, 0.3) is 0 Å². The molecule has 0 aliphatic carbocycles. The molecular formula is C15H20N4O3. The zero-order valence-corrected chi connectivity index (χ0v) is 13.2. The van der Waals surface area contributed by atoms with Crippen molar-refractivity contribution in [3.8, 4) is 11.5 Å². The van der Waals surface area contributed by atoms with E-state index in [-0.39, 0.29) is 11.9 Å². The predicted molar refractivity (Wildman–Crippen MR) is 81.2 cm³/mol. The van der Waals surface area contributed by atoms with Crippen molar-refractivity contribution < 1.29 is 14.3 Å². The standard InChI is InChI=1S/C15H20N4O3/c1-10(7-19-9-16-8-17-19)18-15(20)12-5-13(21-3)11(2)14(6-12)22-4/h5-6,8-10H,7H2,1-4H3,(H,18,20). The molecule has 1 amide bonds. The molecule has 22 heavy (non-hydrogen) atoms. The van der Waals surface area contributed by atoms with Gasteiger partial charge in [0.15, 0.2) is 0 Å². The van der Waals surface area contributed by atoms with E-state index in [4.69, 9.17) is 9.47 Å². The van der Waals surface area contributed by atoms with Crippen molar-refractivity contribution in [1.82, 2.24) is 20.1 Å². The van der Waals surface area contributed by atoms with Crippen LogP contribution in [0.2, 0.25) is 0 Å². The molecule has 0 spiro atoms. The first-order valence-electron chi connectivity index (χ1n) is 6.91. The van der Waals surface area contributed by atoms with E-state index in [0.717, 1.165) is 5.56 Å². The van der Waals surface area contributed by atoms with Gasteiger partial charge in [-0.1, -0.05) is 0 Å². The summed E-state index contributed by atoms with van der Waals surface area (Å²) in [7, 11) is 3.13. The van der Waals surface area contributed by atoms with Crippen LogP contribution in [0.1, 0.15) is 22.8 Å². The van der Waals surface area contributed by atoms with Gasteiger partial charge in [-0.25, -0.2) is 4.98 Å². The molecule has 1 atom stereocenters. The van der Waals surface area contributed by atoms with E-state index in [1.54, 1.807) is 37.4 Å². The summed E-state index contributed by atoms with van der Waals surface area (Å²) in [6, 6.07) is 3.32. The number of hydrogen-bond acceptors (Lipinski definition) is 5. The van der Waals surface area contributed by atoms with Crippen LogP contribution in [0.3, 0.4) is 0 Å². The molecule has 1 aromatic carbocycles. The average Bonchev–Trinajstić information content (AvgIpc) is 3.00. The van der Waals surface area contributed by atoms with Gasteiger partial charge in [-0.3, -0.25) is 9.48 Å². The largest absolute Gasteiger partial charge is 0.496 e. The van der Waals surface area contributed by atoms with Gasteiger partial charge in [0.25, 0.3) is 5.91 Å². The smallest absolute Gasteiger partial charge is 0.251 e. The number of benzene rings is 1. The molecule has 1 aromatic heterocycles. The minimum Gasteiger partial charge on any atom is -0.496 e. The summed E-state index contributed by atoms with van der Waals surface area (Å²) in [6.45, 7) is 4.33. The van der Waals surface area contributed by atoms with Gasteiger partial charge in [0.1, 0.15) is 24.2 Å². The van der Waals surface area contributed by atoms with Gasteiger partial charge in [-0.2, -0.15) is 5.10 Å². The van der Waals surface area contributed by atoms with Gasteiger partial charge in [0.05, 0.1) is 20.8 Å². The van der Waals surface area contributed by atoms with Gasteiger partial charge in [0.2, 0.25) is 0 Å². The van der Waals surface area contributed by atoms with Crippen LogP contribution in [0.4, 0.5) is 0 Å². The number of ether oxygens (including phenoxy) is 2. The first-order chi connectivity index (χ1) is 10.5. The summed E-state index contributed by atoms with van der Waals surface area (Å²) in [4.78, 5) is 16.2. The first kappa shape index (κ1) is 15.8. The SMILES string of the molecule is COc1cc(C(=O)NC(C)Cn2cncn2)cc(OC)c1C. The highest BCUT2D eigenvalue weighted by Gasteiger charge is 2.15. The molecule has 0 saturated heterocycles. The van der Waals surface area contributed by atoms with Crippen molar-refractivity contribution in [2.75, 3.05) is 14.2 Å². The van der Waals surface area contributed by atoms with Crippen molar-refractivity contribution in [2.45, 2.75) is 26.4 Å². The summed E-state index contributed by atoms with van der Waals surface area (Å²) in [5.41, 5.74) is 1.35. The van der Waals surface area contributed by atoms with E-state index in [2.05, 4.69) is 15.4 Å². The third kappa shape index (κ3) is 3.55. The molecule has 0 fully saturated rings. The predicted octanol–water partition coefficient (Wildman–Crippen LogP) is 1.42.